The van der Waals surface area contributed by atoms with Crippen LogP contribution in [-0.2, 0) is 4.79 Å². The van der Waals surface area contributed by atoms with E-state index in [0.29, 0.717) is 12.5 Å². The van der Waals surface area contributed by atoms with Crippen LogP contribution in [0, 0.1) is 5.92 Å². The molecule has 110 valence electrons. The lowest BCUT2D eigenvalue weighted by Crippen LogP contribution is -2.46. The predicted octanol–water partition coefficient (Wildman–Crippen LogP) is 1.53. The standard InChI is InChI=1S/C15H28N2O2/c1-17(14-8-4-5-9-16-15(14)19)11-13(18)10-12-6-2-3-7-12/h12-14,18H,2-11H2,1H3,(H,16,19)/t13-,14-/m0/s1. The zero-order valence-corrected chi connectivity index (χ0v) is 12.1. The highest BCUT2D eigenvalue weighted by Crippen LogP contribution is 2.28. The van der Waals surface area contributed by atoms with Gasteiger partial charge in [-0.2, -0.15) is 0 Å². The topological polar surface area (TPSA) is 52.6 Å². The fourth-order valence-corrected chi connectivity index (χ4v) is 3.51. The van der Waals surface area contributed by atoms with E-state index in [-0.39, 0.29) is 18.1 Å². The molecule has 0 aromatic heterocycles. The second-order valence-electron chi connectivity index (χ2n) is 6.28. The van der Waals surface area contributed by atoms with E-state index in [1.807, 2.05) is 11.9 Å². The van der Waals surface area contributed by atoms with Crippen LogP contribution in [-0.4, -0.2) is 48.2 Å². The lowest BCUT2D eigenvalue weighted by molar-refractivity contribution is -0.126. The van der Waals surface area contributed by atoms with Gasteiger partial charge in [-0.05, 0) is 38.6 Å². The van der Waals surface area contributed by atoms with Gasteiger partial charge in [-0.1, -0.05) is 25.7 Å². The van der Waals surface area contributed by atoms with Crippen molar-refractivity contribution in [1.29, 1.82) is 0 Å². The molecule has 19 heavy (non-hydrogen) atoms. The largest absolute Gasteiger partial charge is 0.392 e. The molecule has 0 aromatic rings. The summed E-state index contributed by atoms with van der Waals surface area (Å²) >= 11 is 0. The summed E-state index contributed by atoms with van der Waals surface area (Å²) in [4.78, 5) is 14.0. The van der Waals surface area contributed by atoms with Gasteiger partial charge in [0.05, 0.1) is 12.1 Å². The maximum Gasteiger partial charge on any atom is 0.237 e. The maximum absolute atomic E-state index is 11.9. The monoisotopic (exact) mass is 268 g/mol. The molecule has 0 spiro atoms. The molecule has 1 saturated heterocycles. The van der Waals surface area contributed by atoms with E-state index in [9.17, 15) is 9.90 Å². The van der Waals surface area contributed by atoms with Crippen molar-refractivity contribution >= 4 is 5.91 Å². The van der Waals surface area contributed by atoms with Crippen molar-refractivity contribution < 1.29 is 9.90 Å². The van der Waals surface area contributed by atoms with Crippen molar-refractivity contribution in [2.75, 3.05) is 20.1 Å². The summed E-state index contributed by atoms with van der Waals surface area (Å²) in [6.07, 6.45) is 8.86. The third kappa shape index (κ3) is 4.46. The van der Waals surface area contributed by atoms with Gasteiger partial charge in [-0.15, -0.1) is 0 Å². The number of carbonyl (C=O) groups is 1. The Labute approximate surface area is 116 Å². The SMILES string of the molecule is CN(C[C@@H](O)CC1CCCC1)[C@H]1CCCCNC1=O. The molecule has 4 nitrogen and oxygen atoms in total. The summed E-state index contributed by atoms with van der Waals surface area (Å²) in [5, 5.41) is 13.2. The minimum absolute atomic E-state index is 0.0549. The molecule has 1 aliphatic heterocycles. The Bertz CT molecular complexity index is 290. The summed E-state index contributed by atoms with van der Waals surface area (Å²) < 4.78 is 0. The first-order valence-corrected chi connectivity index (χ1v) is 7.83. The van der Waals surface area contributed by atoms with Gasteiger partial charge in [0.2, 0.25) is 5.91 Å². The molecule has 2 aliphatic rings. The third-order valence-electron chi connectivity index (χ3n) is 4.62. The normalized spacial score (nSPS) is 27.3. The van der Waals surface area contributed by atoms with Gasteiger partial charge in [0, 0.05) is 13.1 Å². The predicted molar refractivity (Wildman–Crippen MR) is 75.9 cm³/mol. The number of nitrogens with zero attached hydrogens (tertiary/aromatic N) is 1. The van der Waals surface area contributed by atoms with Crippen LogP contribution in [0.25, 0.3) is 0 Å². The van der Waals surface area contributed by atoms with Crippen LogP contribution in [0.15, 0.2) is 0 Å². The van der Waals surface area contributed by atoms with Gasteiger partial charge >= 0.3 is 0 Å². The summed E-state index contributed by atoms with van der Waals surface area (Å²) in [5.74, 6) is 0.833. The molecular formula is C15H28N2O2. The minimum Gasteiger partial charge on any atom is -0.392 e. The van der Waals surface area contributed by atoms with E-state index >= 15 is 0 Å². The molecule has 2 fully saturated rings. The van der Waals surface area contributed by atoms with Crippen LogP contribution in [0.4, 0.5) is 0 Å². The van der Waals surface area contributed by atoms with E-state index in [2.05, 4.69) is 5.32 Å². The molecule has 2 N–H and O–H groups in total. The molecule has 1 saturated carbocycles. The molecular weight excluding hydrogens is 240 g/mol. The molecule has 0 unspecified atom stereocenters. The number of aliphatic hydroxyl groups excluding tert-OH is 1. The van der Waals surface area contributed by atoms with Crippen LogP contribution in [0.1, 0.15) is 51.4 Å². The minimum atomic E-state index is -0.288. The average Bonchev–Trinajstić information content (AvgIpc) is 2.76. The summed E-state index contributed by atoms with van der Waals surface area (Å²) in [6, 6.07) is -0.0549. The second-order valence-corrected chi connectivity index (χ2v) is 6.28. The summed E-state index contributed by atoms with van der Waals surface area (Å²) in [7, 11) is 1.97. The van der Waals surface area contributed by atoms with Crippen LogP contribution >= 0.6 is 0 Å². The number of hydrogen-bond acceptors (Lipinski definition) is 3. The zero-order chi connectivity index (χ0) is 13.7. The van der Waals surface area contributed by atoms with E-state index in [0.717, 1.165) is 32.2 Å². The molecule has 1 heterocycles. The van der Waals surface area contributed by atoms with Gasteiger partial charge in [0.15, 0.2) is 0 Å². The Morgan fingerprint density at radius 3 is 2.68 bits per heavy atom. The number of nitrogens with one attached hydrogen (secondary N) is 1. The lowest BCUT2D eigenvalue weighted by Gasteiger charge is -2.28. The Hall–Kier alpha value is -0.610. The smallest absolute Gasteiger partial charge is 0.237 e. The van der Waals surface area contributed by atoms with Crippen LogP contribution in [0.2, 0.25) is 0 Å². The van der Waals surface area contributed by atoms with E-state index < -0.39 is 0 Å². The second kappa shape index (κ2) is 7.25. The van der Waals surface area contributed by atoms with Crippen molar-refractivity contribution in [2.24, 2.45) is 5.92 Å². The number of rotatable bonds is 5. The number of hydrogen-bond donors (Lipinski definition) is 2. The van der Waals surface area contributed by atoms with Crippen molar-refractivity contribution in [3.63, 3.8) is 0 Å². The third-order valence-corrected chi connectivity index (χ3v) is 4.62. The van der Waals surface area contributed by atoms with E-state index in [1.54, 1.807) is 0 Å². The first kappa shape index (κ1) is 14.8. The van der Waals surface area contributed by atoms with Crippen molar-refractivity contribution in [2.45, 2.75) is 63.5 Å². The molecule has 0 aromatic carbocycles. The quantitative estimate of drug-likeness (QED) is 0.795. The summed E-state index contributed by atoms with van der Waals surface area (Å²) in [6.45, 7) is 1.42. The zero-order valence-electron chi connectivity index (χ0n) is 12.1. The van der Waals surface area contributed by atoms with Crippen LogP contribution in [0.5, 0.6) is 0 Å². The Kier molecular flexibility index (Phi) is 5.64. The molecule has 2 rings (SSSR count). The highest BCUT2D eigenvalue weighted by atomic mass is 16.3. The van der Waals surface area contributed by atoms with Crippen LogP contribution < -0.4 is 5.32 Å². The van der Waals surface area contributed by atoms with Gasteiger partial charge in [-0.3, -0.25) is 9.69 Å². The lowest BCUT2D eigenvalue weighted by atomic mass is 9.99. The summed E-state index contributed by atoms with van der Waals surface area (Å²) in [5.41, 5.74) is 0. The average molecular weight is 268 g/mol. The number of amides is 1. The molecule has 2 atom stereocenters. The van der Waals surface area contributed by atoms with E-state index in [1.165, 1.54) is 25.7 Å². The first-order valence-electron chi connectivity index (χ1n) is 7.83. The first-order chi connectivity index (χ1) is 9.16. The highest BCUT2D eigenvalue weighted by molar-refractivity contribution is 5.81. The van der Waals surface area contributed by atoms with Gasteiger partial charge in [0.1, 0.15) is 0 Å². The molecule has 0 radical (unpaired) electrons. The number of likely N-dealkylation sites (N-methyl/N-ethyl adjacent to an activating group) is 1. The van der Waals surface area contributed by atoms with Gasteiger partial charge in [-0.25, -0.2) is 0 Å². The van der Waals surface area contributed by atoms with Gasteiger partial charge < -0.3 is 10.4 Å². The molecule has 0 bridgehead atoms. The number of aliphatic hydroxyl groups is 1. The highest BCUT2D eigenvalue weighted by Gasteiger charge is 2.27. The van der Waals surface area contributed by atoms with Crippen LogP contribution in [0.3, 0.4) is 0 Å². The Morgan fingerprint density at radius 1 is 1.26 bits per heavy atom. The van der Waals surface area contributed by atoms with E-state index in [4.69, 9.17) is 0 Å². The Balaban J connectivity index is 1.77. The maximum atomic E-state index is 11.9. The molecule has 1 amide bonds. The van der Waals surface area contributed by atoms with Gasteiger partial charge in [0.25, 0.3) is 0 Å². The Morgan fingerprint density at radius 2 is 1.95 bits per heavy atom. The van der Waals surface area contributed by atoms with Crippen molar-refractivity contribution in [1.82, 2.24) is 10.2 Å². The molecule has 1 aliphatic carbocycles. The fourth-order valence-electron chi connectivity index (χ4n) is 3.51. The van der Waals surface area contributed by atoms with Crippen molar-refractivity contribution in [3.8, 4) is 0 Å². The van der Waals surface area contributed by atoms with Crippen molar-refractivity contribution in [3.05, 3.63) is 0 Å². The molecule has 4 heteroatoms. The number of carbonyl (C=O) groups excluding carboxylic acids is 1. The fraction of sp³-hybridized carbons (Fsp3) is 0.933.